The van der Waals surface area contributed by atoms with E-state index in [1.807, 2.05) is 19.2 Å². The van der Waals surface area contributed by atoms with Gasteiger partial charge in [0.2, 0.25) is 0 Å². The molecule has 2 unspecified atom stereocenters. The second-order valence-corrected chi connectivity index (χ2v) is 5.59. The minimum Gasteiger partial charge on any atom is -0.354 e. The van der Waals surface area contributed by atoms with E-state index in [2.05, 4.69) is 24.1 Å². The lowest BCUT2D eigenvalue weighted by Gasteiger charge is -2.39. The highest BCUT2D eigenvalue weighted by molar-refractivity contribution is 6.31. The molecule has 1 aliphatic rings. The summed E-state index contributed by atoms with van der Waals surface area (Å²) in [5.74, 6) is 1.78. The second kappa shape index (κ2) is 5.89. The molecule has 18 heavy (non-hydrogen) atoms. The smallest absolute Gasteiger partial charge is 0.129 e. The van der Waals surface area contributed by atoms with Crippen LogP contribution < -0.4 is 10.2 Å². The lowest BCUT2D eigenvalue weighted by Crippen LogP contribution is -2.43. The molecule has 4 heteroatoms. The molecule has 0 amide bonds. The zero-order valence-electron chi connectivity index (χ0n) is 11.4. The number of hydrogen-bond acceptors (Lipinski definition) is 3. The maximum atomic E-state index is 6.16. The lowest BCUT2D eigenvalue weighted by atomic mass is 9.92. The Kier molecular flexibility index (Phi) is 4.46. The van der Waals surface area contributed by atoms with E-state index < -0.39 is 0 Å². The summed E-state index contributed by atoms with van der Waals surface area (Å²) in [4.78, 5) is 7.11. The van der Waals surface area contributed by atoms with Gasteiger partial charge in [-0.15, -0.1) is 0 Å². The molecule has 2 heterocycles. The molecule has 1 N–H and O–H groups in total. The number of halogens is 1. The molecule has 2 atom stereocenters. The summed E-state index contributed by atoms with van der Waals surface area (Å²) in [6.45, 7) is 6.42. The predicted molar refractivity (Wildman–Crippen MR) is 77.2 cm³/mol. The molecule has 0 bridgehead atoms. The Morgan fingerprint density at radius 2 is 2.22 bits per heavy atom. The fourth-order valence-corrected chi connectivity index (χ4v) is 2.76. The fourth-order valence-electron chi connectivity index (χ4n) is 2.58. The molecule has 3 nitrogen and oxygen atoms in total. The third-order valence-electron chi connectivity index (χ3n) is 3.92. The molecule has 0 spiro atoms. The van der Waals surface area contributed by atoms with Crippen LogP contribution in [0.1, 0.15) is 32.4 Å². The van der Waals surface area contributed by atoms with Crippen LogP contribution in [0, 0.1) is 5.92 Å². The van der Waals surface area contributed by atoms with E-state index in [4.69, 9.17) is 16.6 Å². The summed E-state index contributed by atoms with van der Waals surface area (Å²) in [5, 5.41) is 3.85. The number of rotatable bonds is 3. The van der Waals surface area contributed by atoms with E-state index >= 15 is 0 Å². The Hall–Kier alpha value is -0.800. The van der Waals surface area contributed by atoms with Crippen molar-refractivity contribution in [3.05, 3.63) is 22.8 Å². The first-order valence-electron chi connectivity index (χ1n) is 6.70. The Labute approximate surface area is 115 Å². The van der Waals surface area contributed by atoms with E-state index in [-0.39, 0.29) is 0 Å². The van der Waals surface area contributed by atoms with Crippen molar-refractivity contribution in [2.24, 2.45) is 5.92 Å². The maximum absolute atomic E-state index is 6.16. The number of nitrogens with zero attached hydrogens (tertiary/aromatic N) is 2. The van der Waals surface area contributed by atoms with Crippen LogP contribution in [-0.4, -0.2) is 24.6 Å². The first kappa shape index (κ1) is 13.6. The normalized spacial score (nSPS) is 24.3. The molecular weight excluding hydrogens is 246 g/mol. The Balaban J connectivity index is 2.24. The number of hydrogen-bond donors (Lipinski definition) is 1. The van der Waals surface area contributed by atoms with Crippen molar-refractivity contribution >= 4 is 17.4 Å². The molecule has 0 aromatic carbocycles. The summed E-state index contributed by atoms with van der Waals surface area (Å²) in [6.07, 6.45) is 2.56. The number of piperidine rings is 1. The van der Waals surface area contributed by atoms with Crippen molar-refractivity contribution in [2.45, 2.75) is 39.3 Å². The van der Waals surface area contributed by atoms with E-state index in [0.717, 1.165) is 29.0 Å². The minimum absolute atomic E-state index is 0.551. The van der Waals surface area contributed by atoms with Crippen LogP contribution >= 0.6 is 11.6 Å². The summed E-state index contributed by atoms with van der Waals surface area (Å²) in [6, 6.07) is 4.55. The topological polar surface area (TPSA) is 28.2 Å². The Bertz CT molecular complexity index is 408. The van der Waals surface area contributed by atoms with Gasteiger partial charge in [-0.2, -0.15) is 0 Å². The molecule has 1 saturated heterocycles. The van der Waals surface area contributed by atoms with Crippen molar-refractivity contribution in [1.29, 1.82) is 0 Å². The van der Waals surface area contributed by atoms with E-state index in [9.17, 15) is 0 Å². The number of anilines is 1. The molecule has 0 radical (unpaired) electrons. The second-order valence-electron chi connectivity index (χ2n) is 5.18. The minimum atomic E-state index is 0.551. The van der Waals surface area contributed by atoms with E-state index in [1.165, 1.54) is 12.8 Å². The molecular formula is C14H22ClN3. The first-order valence-corrected chi connectivity index (χ1v) is 7.08. The average molecular weight is 268 g/mol. The van der Waals surface area contributed by atoms with Gasteiger partial charge in [0, 0.05) is 19.1 Å². The molecule has 1 fully saturated rings. The quantitative estimate of drug-likeness (QED) is 0.912. The highest BCUT2D eigenvalue weighted by atomic mass is 35.5. The Morgan fingerprint density at radius 1 is 1.44 bits per heavy atom. The van der Waals surface area contributed by atoms with Gasteiger partial charge in [0.15, 0.2) is 0 Å². The van der Waals surface area contributed by atoms with Gasteiger partial charge in [0.05, 0.1) is 10.7 Å². The van der Waals surface area contributed by atoms with Crippen LogP contribution in [0.15, 0.2) is 12.1 Å². The number of nitrogens with one attached hydrogen (secondary N) is 1. The van der Waals surface area contributed by atoms with Gasteiger partial charge in [0.1, 0.15) is 5.82 Å². The van der Waals surface area contributed by atoms with Crippen LogP contribution in [0.5, 0.6) is 0 Å². The van der Waals surface area contributed by atoms with Gasteiger partial charge in [-0.05, 0) is 44.9 Å². The third kappa shape index (κ3) is 2.78. The molecule has 2 rings (SSSR count). The summed E-state index contributed by atoms with van der Waals surface area (Å²) < 4.78 is 0. The van der Waals surface area contributed by atoms with Gasteiger partial charge >= 0.3 is 0 Å². The standard InChI is InChI=1S/C14H22ClN3/c1-10-5-4-8-18(11(10)2)14-7-6-12(15)13(17-14)9-16-3/h6-7,10-11,16H,4-5,8-9H2,1-3H3. The summed E-state index contributed by atoms with van der Waals surface area (Å²) >= 11 is 6.16. The van der Waals surface area contributed by atoms with Crippen LogP contribution in [-0.2, 0) is 6.54 Å². The van der Waals surface area contributed by atoms with Gasteiger partial charge in [0.25, 0.3) is 0 Å². The third-order valence-corrected chi connectivity index (χ3v) is 4.26. The van der Waals surface area contributed by atoms with Crippen LogP contribution in [0.4, 0.5) is 5.82 Å². The van der Waals surface area contributed by atoms with Gasteiger partial charge in [-0.25, -0.2) is 4.98 Å². The predicted octanol–water partition coefficient (Wildman–Crippen LogP) is 3.08. The zero-order valence-corrected chi connectivity index (χ0v) is 12.2. The molecule has 0 saturated carbocycles. The van der Waals surface area contributed by atoms with Crippen LogP contribution in [0.3, 0.4) is 0 Å². The SMILES string of the molecule is CNCc1nc(N2CCCC(C)C2C)ccc1Cl. The molecule has 0 aliphatic carbocycles. The molecule has 1 aromatic rings. The van der Waals surface area contributed by atoms with Crippen molar-refractivity contribution in [1.82, 2.24) is 10.3 Å². The molecule has 1 aliphatic heterocycles. The largest absolute Gasteiger partial charge is 0.354 e. The average Bonchev–Trinajstić information content (AvgIpc) is 2.36. The van der Waals surface area contributed by atoms with Crippen molar-refractivity contribution < 1.29 is 0 Å². The van der Waals surface area contributed by atoms with E-state index in [0.29, 0.717) is 12.6 Å². The maximum Gasteiger partial charge on any atom is 0.129 e. The monoisotopic (exact) mass is 267 g/mol. The van der Waals surface area contributed by atoms with Gasteiger partial charge in [-0.3, -0.25) is 0 Å². The highest BCUT2D eigenvalue weighted by Gasteiger charge is 2.25. The van der Waals surface area contributed by atoms with Gasteiger partial charge < -0.3 is 10.2 Å². The van der Waals surface area contributed by atoms with Crippen molar-refractivity contribution in [2.75, 3.05) is 18.5 Å². The van der Waals surface area contributed by atoms with Crippen molar-refractivity contribution in [3.8, 4) is 0 Å². The first-order chi connectivity index (χ1) is 8.63. The van der Waals surface area contributed by atoms with E-state index in [1.54, 1.807) is 0 Å². The number of pyridine rings is 1. The van der Waals surface area contributed by atoms with Crippen molar-refractivity contribution in [3.63, 3.8) is 0 Å². The van der Waals surface area contributed by atoms with Crippen LogP contribution in [0.25, 0.3) is 0 Å². The summed E-state index contributed by atoms with van der Waals surface area (Å²) in [7, 11) is 1.91. The van der Waals surface area contributed by atoms with Crippen LogP contribution in [0.2, 0.25) is 5.02 Å². The Morgan fingerprint density at radius 3 is 2.94 bits per heavy atom. The molecule has 1 aromatic heterocycles. The lowest BCUT2D eigenvalue weighted by molar-refractivity contribution is 0.361. The number of aromatic nitrogens is 1. The summed E-state index contributed by atoms with van der Waals surface area (Å²) in [5.41, 5.74) is 0.932. The highest BCUT2D eigenvalue weighted by Crippen LogP contribution is 2.28. The van der Waals surface area contributed by atoms with Gasteiger partial charge in [-0.1, -0.05) is 18.5 Å². The molecule has 100 valence electrons. The fraction of sp³-hybridized carbons (Fsp3) is 0.643. The zero-order chi connectivity index (χ0) is 13.1.